The van der Waals surface area contributed by atoms with E-state index in [0.717, 1.165) is 21.3 Å². The van der Waals surface area contributed by atoms with Gasteiger partial charge >= 0.3 is 0 Å². The van der Waals surface area contributed by atoms with Crippen molar-refractivity contribution in [1.82, 2.24) is 4.98 Å². The van der Waals surface area contributed by atoms with Gasteiger partial charge in [0.25, 0.3) is 0 Å². The molecule has 0 saturated heterocycles. The van der Waals surface area contributed by atoms with Gasteiger partial charge in [-0.1, -0.05) is 50.7 Å². The summed E-state index contributed by atoms with van der Waals surface area (Å²) in [5, 5.41) is 4.12. The molecule has 0 amide bonds. The average Bonchev–Trinajstić information content (AvgIpc) is 2.33. The lowest BCUT2D eigenvalue weighted by Crippen LogP contribution is -1.97. The molecule has 100 valence electrons. The van der Waals surface area contributed by atoms with Gasteiger partial charge < -0.3 is 5.32 Å². The zero-order valence-electron chi connectivity index (χ0n) is 10.2. The van der Waals surface area contributed by atoms with Crippen LogP contribution in [0.3, 0.4) is 0 Å². The van der Waals surface area contributed by atoms with E-state index in [0.29, 0.717) is 15.9 Å². The summed E-state index contributed by atoms with van der Waals surface area (Å²) in [6, 6.07) is 5.56. The van der Waals surface area contributed by atoms with Crippen LogP contribution in [-0.4, -0.2) is 4.98 Å². The molecule has 1 aromatic carbocycles. The molecule has 6 heteroatoms. The number of rotatable bonds is 2. The van der Waals surface area contributed by atoms with Crippen LogP contribution in [0.4, 0.5) is 11.5 Å². The van der Waals surface area contributed by atoms with Gasteiger partial charge in [-0.05, 0) is 43.2 Å². The van der Waals surface area contributed by atoms with Crippen LogP contribution in [0, 0.1) is 13.8 Å². The number of nitrogens with zero attached hydrogens (tertiary/aromatic N) is 1. The van der Waals surface area contributed by atoms with Crippen molar-refractivity contribution in [1.29, 1.82) is 0 Å². The molecule has 0 aliphatic carbocycles. The Bertz CT molecular complexity index is 621. The number of halogens is 4. The predicted octanol–water partition coefficient (Wildman–Crippen LogP) is 6.16. The Morgan fingerprint density at radius 2 is 1.58 bits per heavy atom. The molecule has 1 aromatic heterocycles. The summed E-state index contributed by atoms with van der Waals surface area (Å²) in [4.78, 5) is 4.13. The standard InChI is InChI=1S/C13H10BrCl3N2/c1-6-3-8(4-7(2)11(6)14)18-13-10(16)5-9(15)12(17)19-13/h3-5H,1-2H3,(H,18,19). The summed E-state index contributed by atoms with van der Waals surface area (Å²) in [5.41, 5.74) is 3.14. The quantitative estimate of drug-likeness (QED) is 0.631. The lowest BCUT2D eigenvalue weighted by Gasteiger charge is -2.11. The molecule has 19 heavy (non-hydrogen) atoms. The van der Waals surface area contributed by atoms with Gasteiger partial charge in [-0.2, -0.15) is 0 Å². The average molecular weight is 381 g/mol. The van der Waals surface area contributed by atoms with E-state index >= 15 is 0 Å². The summed E-state index contributed by atoms with van der Waals surface area (Å²) in [7, 11) is 0. The van der Waals surface area contributed by atoms with Gasteiger partial charge in [0.05, 0.1) is 10.0 Å². The minimum absolute atomic E-state index is 0.221. The maximum atomic E-state index is 6.08. The highest BCUT2D eigenvalue weighted by Crippen LogP contribution is 2.32. The van der Waals surface area contributed by atoms with E-state index in [1.54, 1.807) is 6.07 Å². The first kappa shape index (κ1) is 14.9. The number of anilines is 2. The molecule has 0 unspecified atom stereocenters. The fourth-order valence-corrected chi connectivity index (χ4v) is 2.46. The van der Waals surface area contributed by atoms with Gasteiger partial charge in [0.15, 0.2) is 5.82 Å². The second-order valence-corrected chi connectivity index (χ2v) is 6.11. The Morgan fingerprint density at radius 3 is 2.16 bits per heavy atom. The van der Waals surface area contributed by atoms with E-state index in [1.807, 2.05) is 26.0 Å². The van der Waals surface area contributed by atoms with Crippen LogP contribution < -0.4 is 5.32 Å². The normalized spacial score (nSPS) is 10.6. The fourth-order valence-electron chi connectivity index (χ4n) is 1.69. The van der Waals surface area contributed by atoms with Crippen molar-refractivity contribution < 1.29 is 0 Å². The van der Waals surface area contributed by atoms with Crippen molar-refractivity contribution in [2.24, 2.45) is 0 Å². The molecule has 0 fully saturated rings. The molecule has 1 N–H and O–H groups in total. The van der Waals surface area contributed by atoms with Crippen LogP contribution in [0.15, 0.2) is 22.7 Å². The maximum absolute atomic E-state index is 6.08. The van der Waals surface area contributed by atoms with E-state index in [4.69, 9.17) is 34.8 Å². The van der Waals surface area contributed by atoms with Gasteiger partial charge in [-0.3, -0.25) is 0 Å². The molecule has 0 spiro atoms. The minimum Gasteiger partial charge on any atom is -0.339 e. The number of nitrogens with one attached hydrogen (secondary N) is 1. The van der Waals surface area contributed by atoms with Crippen LogP contribution >= 0.6 is 50.7 Å². The van der Waals surface area contributed by atoms with Crippen molar-refractivity contribution in [2.75, 3.05) is 5.32 Å². The van der Waals surface area contributed by atoms with E-state index < -0.39 is 0 Å². The van der Waals surface area contributed by atoms with Gasteiger partial charge in [0, 0.05) is 10.2 Å². The molecule has 2 rings (SSSR count). The highest BCUT2D eigenvalue weighted by Gasteiger charge is 2.09. The second kappa shape index (κ2) is 5.88. The highest BCUT2D eigenvalue weighted by molar-refractivity contribution is 9.10. The lowest BCUT2D eigenvalue weighted by molar-refractivity contribution is 1.29. The predicted molar refractivity (Wildman–Crippen MR) is 86.2 cm³/mol. The first-order chi connectivity index (χ1) is 8.88. The molecule has 0 aliphatic heterocycles. The Labute approximate surface area is 135 Å². The van der Waals surface area contributed by atoms with Crippen molar-refractivity contribution in [3.05, 3.63) is 49.0 Å². The van der Waals surface area contributed by atoms with Gasteiger partial charge in [0.1, 0.15) is 5.15 Å². The summed E-state index contributed by atoms with van der Waals surface area (Å²) in [6.07, 6.45) is 0. The third-order valence-electron chi connectivity index (χ3n) is 2.59. The number of aromatic nitrogens is 1. The largest absolute Gasteiger partial charge is 0.339 e. The van der Waals surface area contributed by atoms with Gasteiger partial charge in [-0.25, -0.2) is 4.98 Å². The summed E-state index contributed by atoms with van der Waals surface area (Å²) >= 11 is 21.3. The van der Waals surface area contributed by atoms with E-state index in [-0.39, 0.29) is 5.15 Å². The zero-order chi connectivity index (χ0) is 14.2. The first-order valence-corrected chi connectivity index (χ1v) is 7.36. The maximum Gasteiger partial charge on any atom is 0.151 e. The highest BCUT2D eigenvalue weighted by atomic mass is 79.9. The number of hydrogen-bond acceptors (Lipinski definition) is 2. The monoisotopic (exact) mass is 378 g/mol. The Balaban J connectivity index is 2.39. The number of pyridine rings is 1. The van der Waals surface area contributed by atoms with Gasteiger partial charge in [-0.15, -0.1) is 0 Å². The van der Waals surface area contributed by atoms with Crippen LogP contribution in [0.5, 0.6) is 0 Å². The zero-order valence-corrected chi connectivity index (χ0v) is 14.0. The third-order valence-corrected chi connectivity index (χ3v) is 4.80. The van der Waals surface area contributed by atoms with Crippen molar-refractivity contribution in [3.63, 3.8) is 0 Å². The van der Waals surface area contributed by atoms with Gasteiger partial charge in [0.2, 0.25) is 0 Å². The molecule has 0 bridgehead atoms. The number of aryl methyl sites for hydroxylation is 2. The first-order valence-electron chi connectivity index (χ1n) is 5.44. The SMILES string of the molecule is Cc1cc(Nc2nc(Cl)c(Cl)cc2Cl)cc(C)c1Br. The summed E-state index contributed by atoms with van der Waals surface area (Å²) in [5.74, 6) is 0.484. The van der Waals surface area contributed by atoms with Crippen LogP contribution in [0.25, 0.3) is 0 Å². The fraction of sp³-hybridized carbons (Fsp3) is 0.154. The second-order valence-electron chi connectivity index (χ2n) is 4.14. The molecular weight excluding hydrogens is 370 g/mol. The van der Waals surface area contributed by atoms with E-state index in [1.165, 1.54) is 0 Å². The van der Waals surface area contributed by atoms with E-state index in [2.05, 4.69) is 26.2 Å². The minimum atomic E-state index is 0.221. The van der Waals surface area contributed by atoms with Crippen LogP contribution in [0.1, 0.15) is 11.1 Å². The lowest BCUT2D eigenvalue weighted by atomic mass is 10.1. The topological polar surface area (TPSA) is 24.9 Å². The number of benzene rings is 1. The molecule has 0 aliphatic rings. The van der Waals surface area contributed by atoms with Crippen molar-refractivity contribution >= 4 is 62.2 Å². The van der Waals surface area contributed by atoms with Crippen LogP contribution in [0.2, 0.25) is 15.2 Å². The van der Waals surface area contributed by atoms with Crippen molar-refractivity contribution in [3.8, 4) is 0 Å². The molecule has 0 saturated carbocycles. The summed E-state index contributed by atoms with van der Waals surface area (Å²) < 4.78 is 1.09. The Hall–Kier alpha value is -0.480. The Morgan fingerprint density at radius 1 is 1.00 bits per heavy atom. The van der Waals surface area contributed by atoms with E-state index in [9.17, 15) is 0 Å². The Kier molecular flexibility index (Phi) is 4.62. The number of hydrogen-bond donors (Lipinski definition) is 1. The molecular formula is C13H10BrCl3N2. The van der Waals surface area contributed by atoms with Crippen molar-refractivity contribution in [2.45, 2.75) is 13.8 Å². The molecule has 0 atom stereocenters. The molecule has 1 heterocycles. The van der Waals surface area contributed by atoms with Crippen LogP contribution in [-0.2, 0) is 0 Å². The third kappa shape index (κ3) is 3.34. The molecule has 0 radical (unpaired) electrons. The molecule has 2 aromatic rings. The smallest absolute Gasteiger partial charge is 0.151 e. The molecule has 2 nitrogen and oxygen atoms in total. The summed E-state index contributed by atoms with van der Waals surface area (Å²) in [6.45, 7) is 4.04.